The summed E-state index contributed by atoms with van der Waals surface area (Å²) in [6.07, 6.45) is 2.45. The average molecular weight is 261 g/mol. The number of rotatable bonds is 4. The van der Waals surface area contributed by atoms with Crippen LogP contribution >= 0.6 is 0 Å². The molecule has 1 heterocycles. The topological polar surface area (TPSA) is 30.3 Å². The predicted octanol–water partition coefficient (Wildman–Crippen LogP) is 2.22. The Morgan fingerprint density at radius 3 is 2.95 bits per heavy atom. The van der Waals surface area contributed by atoms with E-state index in [1.807, 2.05) is 7.05 Å². The van der Waals surface area contributed by atoms with Gasteiger partial charge in [0, 0.05) is 24.7 Å². The van der Waals surface area contributed by atoms with Gasteiger partial charge in [0.15, 0.2) is 0 Å². The first-order valence-corrected chi connectivity index (χ1v) is 6.67. The molecule has 19 heavy (non-hydrogen) atoms. The van der Waals surface area contributed by atoms with Gasteiger partial charge in [0.2, 0.25) is 0 Å². The Morgan fingerprint density at radius 2 is 2.32 bits per heavy atom. The van der Waals surface area contributed by atoms with Crippen LogP contribution in [-0.4, -0.2) is 43.0 Å². The van der Waals surface area contributed by atoms with Gasteiger partial charge in [-0.3, -0.25) is 0 Å². The molecule has 0 N–H and O–H groups in total. The molecule has 1 aromatic rings. The van der Waals surface area contributed by atoms with Crippen LogP contribution in [0.1, 0.15) is 24.0 Å². The van der Waals surface area contributed by atoms with E-state index >= 15 is 0 Å². The largest absolute Gasteiger partial charge is 0.302 e. The SMILES string of the molecule is CN(Cc1cc(C#N)ccc1F)CC1CCCN1C. The lowest BCUT2D eigenvalue weighted by molar-refractivity contribution is 0.214. The van der Waals surface area contributed by atoms with Gasteiger partial charge in [-0.2, -0.15) is 5.26 Å². The average Bonchev–Trinajstić information content (AvgIpc) is 2.78. The number of nitrogens with zero attached hydrogens (tertiary/aromatic N) is 3. The van der Waals surface area contributed by atoms with Crippen LogP contribution < -0.4 is 0 Å². The highest BCUT2D eigenvalue weighted by Crippen LogP contribution is 2.17. The summed E-state index contributed by atoms with van der Waals surface area (Å²) < 4.78 is 13.7. The lowest BCUT2D eigenvalue weighted by Gasteiger charge is -2.25. The van der Waals surface area contributed by atoms with Crippen LogP contribution in [0.15, 0.2) is 18.2 Å². The van der Waals surface area contributed by atoms with Gasteiger partial charge >= 0.3 is 0 Å². The number of hydrogen-bond donors (Lipinski definition) is 0. The zero-order chi connectivity index (χ0) is 13.8. The standard InChI is InChI=1S/C15H20FN3/c1-18(11-14-4-3-7-19(14)2)10-13-8-12(9-17)5-6-15(13)16/h5-6,8,14H,3-4,7,10-11H2,1-2H3. The number of hydrogen-bond acceptors (Lipinski definition) is 3. The van der Waals surface area contributed by atoms with E-state index < -0.39 is 0 Å². The Labute approximate surface area is 114 Å². The van der Waals surface area contributed by atoms with Gasteiger partial charge < -0.3 is 9.80 Å². The highest BCUT2D eigenvalue weighted by atomic mass is 19.1. The Kier molecular flexibility index (Phi) is 4.52. The van der Waals surface area contributed by atoms with Crippen molar-refractivity contribution < 1.29 is 4.39 Å². The fraction of sp³-hybridized carbons (Fsp3) is 0.533. The number of likely N-dealkylation sites (tertiary alicyclic amines) is 1. The molecule has 0 radical (unpaired) electrons. The van der Waals surface area contributed by atoms with Gasteiger partial charge in [-0.1, -0.05) is 0 Å². The van der Waals surface area contributed by atoms with Crippen molar-refractivity contribution in [3.8, 4) is 6.07 Å². The smallest absolute Gasteiger partial charge is 0.127 e. The van der Waals surface area contributed by atoms with Crippen LogP contribution in [0.25, 0.3) is 0 Å². The summed E-state index contributed by atoms with van der Waals surface area (Å²) in [5.41, 5.74) is 1.12. The van der Waals surface area contributed by atoms with E-state index in [0.717, 1.165) is 13.1 Å². The van der Waals surface area contributed by atoms with Crippen molar-refractivity contribution >= 4 is 0 Å². The van der Waals surface area contributed by atoms with Gasteiger partial charge in [-0.25, -0.2) is 4.39 Å². The summed E-state index contributed by atoms with van der Waals surface area (Å²) in [7, 11) is 4.15. The van der Waals surface area contributed by atoms with Crippen molar-refractivity contribution in [2.24, 2.45) is 0 Å². The maximum absolute atomic E-state index is 13.7. The van der Waals surface area contributed by atoms with Crippen LogP contribution in [0.4, 0.5) is 4.39 Å². The van der Waals surface area contributed by atoms with E-state index in [1.54, 1.807) is 6.07 Å². The van der Waals surface area contributed by atoms with Crippen molar-refractivity contribution in [3.05, 3.63) is 35.1 Å². The van der Waals surface area contributed by atoms with Crippen molar-refractivity contribution in [3.63, 3.8) is 0 Å². The molecule has 1 aliphatic heterocycles. The zero-order valence-corrected chi connectivity index (χ0v) is 11.6. The Morgan fingerprint density at radius 1 is 1.53 bits per heavy atom. The van der Waals surface area contributed by atoms with Crippen LogP contribution in [0.3, 0.4) is 0 Å². The van der Waals surface area contributed by atoms with Crippen molar-refractivity contribution in [1.29, 1.82) is 5.26 Å². The summed E-state index contributed by atoms with van der Waals surface area (Å²) in [4.78, 5) is 4.49. The third-order valence-electron chi connectivity index (χ3n) is 3.81. The van der Waals surface area contributed by atoms with E-state index in [-0.39, 0.29) is 5.82 Å². The second-order valence-corrected chi connectivity index (χ2v) is 5.39. The van der Waals surface area contributed by atoms with Gasteiger partial charge in [0.05, 0.1) is 11.6 Å². The summed E-state index contributed by atoms with van der Waals surface area (Å²) in [6, 6.07) is 7.16. The molecular weight excluding hydrogens is 241 g/mol. The van der Waals surface area contributed by atoms with Crippen LogP contribution in [0.2, 0.25) is 0 Å². The van der Waals surface area contributed by atoms with E-state index in [0.29, 0.717) is 23.7 Å². The monoisotopic (exact) mass is 261 g/mol. The fourth-order valence-corrected chi connectivity index (χ4v) is 2.69. The molecular formula is C15H20FN3. The lowest BCUT2D eigenvalue weighted by Crippen LogP contribution is -2.36. The van der Waals surface area contributed by atoms with E-state index in [1.165, 1.54) is 25.0 Å². The van der Waals surface area contributed by atoms with Gasteiger partial charge in [0.25, 0.3) is 0 Å². The van der Waals surface area contributed by atoms with Gasteiger partial charge in [-0.05, 0) is 51.7 Å². The molecule has 2 rings (SSSR count). The number of nitriles is 1. The Balaban J connectivity index is 1.98. The van der Waals surface area contributed by atoms with E-state index in [2.05, 4.69) is 22.9 Å². The highest BCUT2D eigenvalue weighted by molar-refractivity contribution is 5.33. The molecule has 0 amide bonds. The molecule has 1 unspecified atom stereocenters. The first kappa shape index (κ1) is 14.0. The molecule has 0 saturated carbocycles. The third-order valence-corrected chi connectivity index (χ3v) is 3.81. The van der Waals surface area contributed by atoms with Crippen molar-refractivity contribution in [2.45, 2.75) is 25.4 Å². The minimum atomic E-state index is -0.231. The predicted molar refractivity (Wildman–Crippen MR) is 73.1 cm³/mol. The molecule has 3 nitrogen and oxygen atoms in total. The summed E-state index contributed by atoms with van der Waals surface area (Å²) in [5.74, 6) is -0.231. The normalized spacial score (nSPS) is 19.8. The van der Waals surface area contributed by atoms with Crippen molar-refractivity contribution in [2.75, 3.05) is 27.2 Å². The molecule has 1 aromatic carbocycles. The third kappa shape index (κ3) is 3.52. The van der Waals surface area contributed by atoms with E-state index in [4.69, 9.17) is 5.26 Å². The maximum Gasteiger partial charge on any atom is 0.127 e. The first-order valence-electron chi connectivity index (χ1n) is 6.67. The number of likely N-dealkylation sites (N-methyl/N-ethyl adjacent to an activating group) is 2. The van der Waals surface area contributed by atoms with Crippen molar-refractivity contribution in [1.82, 2.24) is 9.80 Å². The molecule has 0 bridgehead atoms. The molecule has 0 aliphatic carbocycles. The lowest BCUT2D eigenvalue weighted by atomic mass is 10.1. The highest BCUT2D eigenvalue weighted by Gasteiger charge is 2.22. The van der Waals surface area contributed by atoms with Gasteiger partial charge in [0.1, 0.15) is 5.82 Å². The second kappa shape index (κ2) is 6.14. The first-order chi connectivity index (χ1) is 9.10. The molecule has 1 saturated heterocycles. The minimum Gasteiger partial charge on any atom is -0.302 e. The molecule has 102 valence electrons. The number of benzene rings is 1. The summed E-state index contributed by atoms with van der Waals surface area (Å²) in [5, 5.41) is 8.86. The van der Waals surface area contributed by atoms with Crippen LogP contribution in [-0.2, 0) is 6.54 Å². The molecule has 1 aliphatic rings. The molecule has 1 fully saturated rings. The quantitative estimate of drug-likeness (QED) is 0.832. The second-order valence-electron chi connectivity index (χ2n) is 5.39. The minimum absolute atomic E-state index is 0.231. The van der Waals surface area contributed by atoms with E-state index in [9.17, 15) is 4.39 Å². The molecule has 1 atom stereocenters. The fourth-order valence-electron chi connectivity index (χ4n) is 2.69. The van der Waals surface area contributed by atoms with Gasteiger partial charge in [-0.15, -0.1) is 0 Å². The zero-order valence-electron chi connectivity index (χ0n) is 11.6. The number of halogens is 1. The van der Waals surface area contributed by atoms with Crippen LogP contribution in [0, 0.1) is 17.1 Å². The Hall–Kier alpha value is -1.44. The maximum atomic E-state index is 13.7. The molecule has 0 spiro atoms. The molecule has 0 aromatic heterocycles. The van der Waals surface area contributed by atoms with Crippen LogP contribution in [0.5, 0.6) is 0 Å². The summed E-state index contributed by atoms with van der Waals surface area (Å²) in [6.45, 7) is 2.63. The molecule has 4 heteroatoms. The Bertz CT molecular complexity index is 481. The summed E-state index contributed by atoms with van der Waals surface area (Å²) >= 11 is 0.